The Bertz CT molecular complexity index is 373. The van der Waals surface area contributed by atoms with Crippen LogP contribution < -0.4 is 0 Å². The van der Waals surface area contributed by atoms with E-state index in [9.17, 15) is 9.59 Å². The number of ether oxygens (including phenoxy) is 2. The van der Waals surface area contributed by atoms with Gasteiger partial charge in [0.2, 0.25) is 0 Å². The summed E-state index contributed by atoms with van der Waals surface area (Å²) in [5.41, 5.74) is 0.659. The van der Waals surface area contributed by atoms with Crippen LogP contribution in [0.25, 0.3) is 0 Å². The van der Waals surface area contributed by atoms with Gasteiger partial charge in [-0.3, -0.25) is 9.59 Å². The monoisotopic (exact) mass is 337 g/mol. The molecule has 0 spiro atoms. The maximum absolute atomic E-state index is 10.9. The zero-order valence-electron chi connectivity index (χ0n) is 8.97. The first-order chi connectivity index (χ1) is 7.59. The lowest BCUT2D eigenvalue weighted by molar-refractivity contribution is -0.154. The minimum Gasteiger partial charge on any atom is -0.461 e. The molecule has 0 radical (unpaired) electrons. The van der Waals surface area contributed by atoms with Crippen LogP contribution in [0.5, 0.6) is 0 Å². The number of carbonyl (C=O) groups is 2. The van der Waals surface area contributed by atoms with Crippen LogP contribution in [0.4, 0.5) is 0 Å². The Balaban J connectivity index is 2.66. The lowest BCUT2D eigenvalue weighted by Gasteiger charge is -2.17. The number of rotatable bonds is 4. The van der Waals surface area contributed by atoms with E-state index in [-0.39, 0.29) is 27.6 Å². The number of hydrogen-bond acceptors (Lipinski definition) is 5. The fourth-order valence-electron chi connectivity index (χ4n) is 1.02. The van der Waals surface area contributed by atoms with Gasteiger partial charge >= 0.3 is 11.9 Å². The molecule has 1 atom stereocenters. The summed E-state index contributed by atoms with van der Waals surface area (Å²) in [5.74, 6) is -0.820. The number of carbonyl (C=O) groups excluding carboxylic acids is 2. The molecule has 6 heteroatoms. The molecule has 1 unspecified atom stereocenters. The number of esters is 2. The molecule has 0 N–H and O–H groups in total. The van der Waals surface area contributed by atoms with E-state index in [1.165, 1.54) is 13.8 Å². The molecule has 0 aromatic rings. The summed E-state index contributed by atoms with van der Waals surface area (Å²) in [6, 6.07) is 0. The Morgan fingerprint density at radius 1 is 1.44 bits per heavy atom. The molecule has 0 aliphatic carbocycles. The number of allylic oxidation sites excluding steroid dienone is 2. The number of halogens is 1. The van der Waals surface area contributed by atoms with E-state index in [0.29, 0.717) is 5.70 Å². The van der Waals surface area contributed by atoms with Gasteiger partial charge in [-0.1, -0.05) is 6.08 Å². The van der Waals surface area contributed by atoms with E-state index in [2.05, 4.69) is 3.15 Å². The predicted octanol–water partition coefficient (Wildman–Crippen LogP) is 2.05. The average molecular weight is 337 g/mol. The molecular formula is C10H12INO4. The van der Waals surface area contributed by atoms with Crippen LogP contribution in [0, 0.1) is 0 Å². The molecule has 1 aliphatic heterocycles. The first kappa shape index (κ1) is 13.0. The van der Waals surface area contributed by atoms with Crippen LogP contribution in [-0.2, 0) is 19.1 Å². The highest BCUT2D eigenvalue weighted by Gasteiger charge is 2.19. The molecule has 0 aromatic carbocycles. The second-order valence-corrected chi connectivity index (χ2v) is 4.75. The van der Waals surface area contributed by atoms with E-state index >= 15 is 0 Å². The summed E-state index contributed by atoms with van der Waals surface area (Å²) >= 11 is -0.368. The molecule has 1 heterocycles. The van der Waals surface area contributed by atoms with Crippen molar-refractivity contribution in [3.05, 3.63) is 21.9 Å². The summed E-state index contributed by atoms with van der Waals surface area (Å²) in [7, 11) is 0. The second-order valence-electron chi connectivity index (χ2n) is 2.99. The van der Waals surface area contributed by atoms with E-state index in [1.54, 1.807) is 6.08 Å². The smallest absolute Gasteiger partial charge is 0.303 e. The van der Waals surface area contributed by atoms with Crippen LogP contribution in [0.2, 0.25) is 0 Å². The van der Waals surface area contributed by atoms with Gasteiger partial charge in [0.25, 0.3) is 0 Å². The Kier molecular flexibility index (Phi) is 5.30. The highest BCUT2D eigenvalue weighted by atomic mass is 127. The van der Waals surface area contributed by atoms with E-state index in [0.717, 1.165) is 0 Å². The maximum atomic E-state index is 10.9. The van der Waals surface area contributed by atoms with Gasteiger partial charge in [-0.15, -0.1) is 0 Å². The third-order valence-corrected chi connectivity index (χ3v) is 3.19. The Hall–Kier alpha value is -1.05. The average Bonchev–Trinajstić information content (AvgIpc) is 2.25. The van der Waals surface area contributed by atoms with Crippen LogP contribution in [0.3, 0.4) is 0 Å². The summed E-state index contributed by atoms with van der Waals surface area (Å²) in [5, 5.41) is 0. The summed E-state index contributed by atoms with van der Waals surface area (Å²) < 4.78 is 16.1. The van der Waals surface area contributed by atoms with Gasteiger partial charge in [-0.05, 0) is 10.2 Å². The number of hydrogen-bond donors (Lipinski definition) is 0. The van der Waals surface area contributed by atoms with Crippen molar-refractivity contribution in [1.29, 1.82) is 0 Å². The normalized spacial score (nSPS) is 15.8. The Labute approximate surface area is 104 Å². The number of nitrogens with zero attached hydrogens (tertiary/aromatic N) is 1. The molecule has 0 saturated carbocycles. The van der Waals surface area contributed by atoms with Gasteiger partial charge in [0, 0.05) is 34.9 Å². The van der Waals surface area contributed by atoms with Gasteiger partial charge in [-0.25, -0.2) is 3.15 Å². The molecule has 88 valence electrons. The zero-order valence-corrected chi connectivity index (χ0v) is 11.1. The summed E-state index contributed by atoms with van der Waals surface area (Å²) in [6.07, 6.45) is 3.05. The molecule has 1 aliphatic rings. The van der Waals surface area contributed by atoms with Crippen molar-refractivity contribution >= 4 is 33.0 Å². The standard InChI is InChI=1S/C10H12INO4/c1-7(13)15-6-10(16-8(2)14)9-4-3-5-11-12-9/h3-5,10H,6H2,1-2H3. The molecule has 16 heavy (non-hydrogen) atoms. The molecular weight excluding hydrogens is 325 g/mol. The molecule has 0 aromatic heterocycles. The van der Waals surface area contributed by atoms with Crippen LogP contribution in [-0.4, -0.2) is 24.6 Å². The summed E-state index contributed by atoms with van der Waals surface area (Å²) in [6.45, 7) is 2.64. The Morgan fingerprint density at radius 2 is 2.19 bits per heavy atom. The van der Waals surface area contributed by atoms with Gasteiger partial charge in [0.05, 0.1) is 5.70 Å². The van der Waals surface area contributed by atoms with E-state index in [4.69, 9.17) is 9.47 Å². The first-order valence-corrected chi connectivity index (χ1v) is 6.81. The zero-order chi connectivity index (χ0) is 12.0. The fraction of sp³-hybridized carbons (Fsp3) is 0.400. The molecule has 1 rings (SSSR count). The van der Waals surface area contributed by atoms with Crippen molar-refractivity contribution in [2.45, 2.75) is 20.0 Å². The van der Waals surface area contributed by atoms with Gasteiger partial charge in [-0.2, -0.15) is 0 Å². The van der Waals surface area contributed by atoms with Crippen molar-refractivity contribution in [2.24, 2.45) is 3.15 Å². The summed E-state index contributed by atoms with van der Waals surface area (Å²) in [4.78, 5) is 21.6. The SMILES string of the molecule is CC(=O)OCC(OC(C)=O)C1=CC=CI=N1. The van der Waals surface area contributed by atoms with Crippen molar-refractivity contribution in [3.8, 4) is 0 Å². The third-order valence-electron chi connectivity index (χ3n) is 1.62. The van der Waals surface area contributed by atoms with Crippen molar-refractivity contribution in [1.82, 2.24) is 0 Å². The van der Waals surface area contributed by atoms with Crippen LogP contribution in [0.1, 0.15) is 13.8 Å². The van der Waals surface area contributed by atoms with Gasteiger partial charge in [0.1, 0.15) is 6.61 Å². The predicted molar refractivity (Wildman–Crippen MR) is 65.9 cm³/mol. The lowest BCUT2D eigenvalue weighted by atomic mass is 10.2. The fourth-order valence-corrected chi connectivity index (χ4v) is 2.36. The largest absolute Gasteiger partial charge is 0.461 e. The van der Waals surface area contributed by atoms with Crippen molar-refractivity contribution in [2.75, 3.05) is 6.61 Å². The minimum absolute atomic E-state index is 0.0157. The van der Waals surface area contributed by atoms with Crippen molar-refractivity contribution < 1.29 is 19.1 Å². The van der Waals surface area contributed by atoms with Crippen molar-refractivity contribution in [3.63, 3.8) is 0 Å². The van der Waals surface area contributed by atoms with E-state index in [1.807, 2.05) is 10.2 Å². The topological polar surface area (TPSA) is 65.0 Å². The van der Waals surface area contributed by atoms with Crippen LogP contribution in [0.15, 0.2) is 25.1 Å². The molecule has 0 bridgehead atoms. The minimum atomic E-state index is -0.592. The van der Waals surface area contributed by atoms with E-state index < -0.39 is 18.0 Å². The van der Waals surface area contributed by atoms with Gasteiger partial charge < -0.3 is 9.47 Å². The molecule has 0 amide bonds. The first-order valence-electron chi connectivity index (χ1n) is 4.60. The maximum Gasteiger partial charge on any atom is 0.303 e. The highest BCUT2D eigenvalue weighted by Crippen LogP contribution is 2.20. The van der Waals surface area contributed by atoms with Crippen LogP contribution >= 0.6 is 21.0 Å². The van der Waals surface area contributed by atoms with Gasteiger partial charge in [0.15, 0.2) is 6.10 Å². The second kappa shape index (κ2) is 6.51. The lowest BCUT2D eigenvalue weighted by Crippen LogP contribution is -2.25. The quantitative estimate of drug-likeness (QED) is 0.582. The molecule has 5 nitrogen and oxygen atoms in total. The third kappa shape index (κ3) is 4.65. The molecule has 0 fully saturated rings. The molecule has 0 saturated heterocycles. The highest BCUT2D eigenvalue weighted by molar-refractivity contribution is 14.2. The Morgan fingerprint density at radius 3 is 2.69 bits per heavy atom.